The zero-order chi connectivity index (χ0) is 15.4. The zero-order valence-electron chi connectivity index (χ0n) is 13.4. The van der Waals surface area contributed by atoms with E-state index in [-0.39, 0.29) is 0 Å². The molecule has 2 rings (SSSR count). The van der Waals surface area contributed by atoms with Gasteiger partial charge in [0, 0.05) is 23.5 Å². The Morgan fingerprint density at radius 3 is 2.38 bits per heavy atom. The number of hydrogen-bond donors (Lipinski definition) is 2. The molecule has 0 amide bonds. The van der Waals surface area contributed by atoms with Crippen LogP contribution in [-0.4, -0.2) is 16.0 Å². The van der Waals surface area contributed by atoms with Crippen molar-refractivity contribution in [1.29, 1.82) is 0 Å². The van der Waals surface area contributed by atoms with Crippen molar-refractivity contribution >= 4 is 17.5 Å². The fourth-order valence-electron chi connectivity index (χ4n) is 2.23. The van der Waals surface area contributed by atoms with Crippen LogP contribution in [0, 0.1) is 6.92 Å². The lowest BCUT2D eigenvalue weighted by Gasteiger charge is -2.15. The molecule has 1 aromatic carbocycles. The zero-order valence-corrected chi connectivity index (χ0v) is 13.4. The van der Waals surface area contributed by atoms with Crippen molar-refractivity contribution in [2.24, 2.45) is 0 Å². The van der Waals surface area contributed by atoms with Gasteiger partial charge in [-0.05, 0) is 38.3 Å². The minimum atomic E-state index is 0.343. The fraction of sp³-hybridized carbons (Fsp3) is 0.412. The highest BCUT2D eigenvalue weighted by molar-refractivity contribution is 5.60. The van der Waals surface area contributed by atoms with Crippen molar-refractivity contribution < 1.29 is 0 Å². The highest BCUT2D eigenvalue weighted by Gasteiger charge is 2.08. The Hall–Kier alpha value is -2.10. The van der Waals surface area contributed by atoms with Crippen LogP contribution in [0.25, 0.3) is 0 Å². The van der Waals surface area contributed by atoms with Gasteiger partial charge < -0.3 is 10.6 Å². The molecule has 0 saturated heterocycles. The van der Waals surface area contributed by atoms with Crippen LogP contribution in [0.15, 0.2) is 30.3 Å². The van der Waals surface area contributed by atoms with Crippen molar-refractivity contribution in [2.75, 3.05) is 10.6 Å². The summed E-state index contributed by atoms with van der Waals surface area (Å²) in [5.74, 6) is 1.93. The third kappa shape index (κ3) is 4.18. The van der Waals surface area contributed by atoms with E-state index in [9.17, 15) is 0 Å². The van der Waals surface area contributed by atoms with Gasteiger partial charge in [-0.25, -0.2) is 4.98 Å². The number of nitrogens with zero attached hydrogens (tertiary/aromatic N) is 2. The molecule has 0 aliphatic heterocycles. The van der Waals surface area contributed by atoms with Crippen molar-refractivity contribution in [3.05, 3.63) is 41.6 Å². The normalized spacial score (nSPS) is 11.0. The molecule has 0 spiro atoms. The Balaban J connectivity index is 2.29. The van der Waals surface area contributed by atoms with E-state index in [1.807, 2.05) is 19.1 Å². The van der Waals surface area contributed by atoms with E-state index in [1.54, 1.807) is 0 Å². The lowest BCUT2D eigenvalue weighted by atomic mass is 10.0. The maximum absolute atomic E-state index is 4.54. The summed E-state index contributed by atoms with van der Waals surface area (Å²) in [6.07, 6.45) is 0. The quantitative estimate of drug-likeness (QED) is 0.850. The molecule has 0 unspecified atom stereocenters. The first-order valence-corrected chi connectivity index (χ1v) is 7.44. The van der Waals surface area contributed by atoms with Crippen molar-refractivity contribution in [1.82, 2.24) is 9.97 Å². The second-order valence-corrected chi connectivity index (χ2v) is 5.88. The van der Waals surface area contributed by atoms with Gasteiger partial charge >= 0.3 is 0 Å². The number of aromatic nitrogens is 2. The highest BCUT2D eigenvalue weighted by Crippen LogP contribution is 2.26. The maximum atomic E-state index is 4.54. The van der Waals surface area contributed by atoms with Crippen LogP contribution in [0.4, 0.5) is 17.5 Å². The number of hydrogen-bond acceptors (Lipinski definition) is 4. The molecule has 2 N–H and O–H groups in total. The van der Waals surface area contributed by atoms with Gasteiger partial charge in [-0.2, -0.15) is 4.98 Å². The summed E-state index contributed by atoms with van der Waals surface area (Å²) in [4.78, 5) is 9.01. The molecule has 1 heterocycles. The van der Waals surface area contributed by atoms with E-state index >= 15 is 0 Å². The third-order valence-corrected chi connectivity index (χ3v) is 3.12. The largest absolute Gasteiger partial charge is 0.368 e. The lowest BCUT2D eigenvalue weighted by molar-refractivity contribution is 0.867. The summed E-state index contributed by atoms with van der Waals surface area (Å²) < 4.78 is 0. The lowest BCUT2D eigenvalue weighted by Crippen LogP contribution is -2.12. The number of para-hydroxylation sites is 1. The molecule has 112 valence electrons. The van der Waals surface area contributed by atoms with E-state index in [2.05, 4.69) is 66.5 Å². The molecule has 0 radical (unpaired) electrons. The number of anilines is 3. The predicted molar refractivity (Wildman–Crippen MR) is 89.3 cm³/mol. The van der Waals surface area contributed by atoms with Crippen LogP contribution in [0.3, 0.4) is 0 Å². The van der Waals surface area contributed by atoms with E-state index in [4.69, 9.17) is 0 Å². The fourth-order valence-corrected chi connectivity index (χ4v) is 2.23. The smallest absolute Gasteiger partial charge is 0.229 e. The Bertz CT molecular complexity index is 605. The number of rotatable bonds is 5. The van der Waals surface area contributed by atoms with E-state index in [1.165, 1.54) is 5.56 Å². The molecule has 4 heteroatoms. The molecule has 0 bridgehead atoms. The van der Waals surface area contributed by atoms with Gasteiger partial charge in [-0.1, -0.05) is 32.0 Å². The average molecular weight is 284 g/mol. The molecular formula is C17H24N4. The Labute approximate surface area is 127 Å². The second kappa shape index (κ2) is 6.57. The van der Waals surface area contributed by atoms with Gasteiger partial charge in [0.2, 0.25) is 5.95 Å². The molecule has 0 fully saturated rings. The van der Waals surface area contributed by atoms with Crippen molar-refractivity contribution in [3.8, 4) is 0 Å². The van der Waals surface area contributed by atoms with Crippen molar-refractivity contribution in [2.45, 2.75) is 46.6 Å². The molecule has 21 heavy (non-hydrogen) atoms. The maximum Gasteiger partial charge on any atom is 0.229 e. The molecule has 0 aliphatic carbocycles. The summed E-state index contributed by atoms with van der Waals surface area (Å²) >= 11 is 0. The van der Waals surface area contributed by atoms with Crippen LogP contribution < -0.4 is 10.6 Å². The van der Waals surface area contributed by atoms with Gasteiger partial charge in [0.25, 0.3) is 0 Å². The van der Waals surface area contributed by atoms with Crippen LogP contribution in [0.5, 0.6) is 0 Å². The first kappa shape index (κ1) is 15.3. The van der Waals surface area contributed by atoms with Crippen LogP contribution in [0.2, 0.25) is 0 Å². The van der Waals surface area contributed by atoms with Crippen LogP contribution in [0.1, 0.15) is 44.9 Å². The molecule has 4 nitrogen and oxygen atoms in total. The summed E-state index contributed by atoms with van der Waals surface area (Å²) in [6.45, 7) is 10.5. The molecule has 1 aromatic heterocycles. The van der Waals surface area contributed by atoms with E-state index in [0.29, 0.717) is 17.9 Å². The number of nitrogens with one attached hydrogen (secondary N) is 2. The van der Waals surface area contributed by atoms with E-state index < -0.39 is 0 Å². The molecule has 2 aromatic rings. The summed E-state index contributed by atoms with van der Waals surface area (Å²) in [7, 11) is 0. The first-order chi connectivity index (χ1) is 9.95. The molecule has 0 atom stereocenters. The second-order valence-electron chi connectivity index (χ2n) is 5.88. The SMILES string of the molecule is Cc1cc(NC(C)C)nc(Nc2ccccc2C(C)C)n1. The summed E-state index contributed by atoms with van der Waals surface area (Å²) in [6, 6.07) is 10.6. The minimum Gasteiger partial charge on any atom is -0.368 e. The molecular weight excluding hydrogens is 260 g/mol. The van der Waals surface area contributed by atoms with Gasteiger partial charge in [0.1, 0.15) is 5.82 Å². The standard InChI is InChI=1S/C17H24N4/c1-11(2)14-8-6-7-9-15(14)20-17-19-13(5)10-16(21-17)18-12(3)4/h6-12H,1-5H3,(H2,18,19,20,21). The topological polar surface area (TPSA) is 49.8 Å². The average Bonchev–Trinajstić information content (AvgIpc) is 2.37. The first-order valence-electron chi connectivity index (χ1n) is 7.44. The van der Waals surface area contributed by atoms with Crippen molar-refractivity contribution in [3.63, 3.8) is 0 Å². The van der Waals surface area contributed by atoms with Crippen LogP contribution in [-0.2, 0) is 0 Å². The number of aryl methyl sites for hydroxylation is 1. The molecule has 0 saturated carbocycles. The predicted octanol–water partition coefficient (Wildman–Crippen LogP) is 4.47. The Kier molecular flexibility index (Phi) is 4.78. The summed E-state index contributed by atoms with van der Waals surface area (Å²) in [5.41, 5.74) is 3.27. The van der Waals surface area contributed by atoms with Crippen LogP contribution >= 0.6 is 0 Å². The Morgan fingerprint density at radius 1 is 1.00 bits per heavy atom. The van der Waals surface area contributed by atoms with Gasteiger partial charge in [0.05, 0.1) is 0 Å². The number of benzene rings is 1. The molecule has 0 aliphatic rings. The highest BCUT2D eigenvalue weighted by atomic mass is 15.1. The third-order valence-electron chi connectivity index (χ3n) is 3.12. The minimum absolute atomic E-state index is 0.343. The van der Waals surface area contributed by atoms with Gasteiger partial charge in [-0.15, -0.1) is 0 Å². The van der Waals surface area contributed by atoms with E-state index in [0.717, 1.165) is 17.2 Å². The Morgan fingerprint density at radius 2 is 1.71 bits per heavy atom. The summed E-state index contributed by atoms with van der Waals surface area (Å²) in [5, 5.41) is 6.66. The van der Waals surface area contributed by atoms with Gasteiger partial charge in [0.15, 0.2) is 0 Å². The van der Waals surface area contributed by atoms with Gasteiger partial charge in [-0.3, -0.25) is 0 Å². The monoisotopic (exact) mass is 284 g/mol.